The third kappa shape index (κ3) is 4.17. The van der Waals surface area contributed by atoms with Gasteiger partial charge in [0, 0.05) is 37.0 Å². The van der Waals surface area contributed by atoms with Crippen molar-refractivity contribution in [1.82, 2.24) is 9.80 Å². The Bertz CT molecular complexity index is 850. The summed E-state index contributed by atoms with van der Waals surface area (Å²) in [6.07, 6.45) is 0.930. The van der Waals surface area contributed by atoms with Gasteiger partial charge in [-0.05, 0) is 30.0 Å². The van der Waals surface area contributed by atoms with E-state index in [0.717, 1.165) is 6.42 Å². The average Bonchev–Trinajstić information content (AvgIpc) is 3.54. The Morgan fingerprint density at radius 3 is 2.29 bits per heavy atom. The van der Waals surface area contributed by atoms with Crippen LogP contribution in [0.2, 0.25) is 0 Å². The lowest BCUT2D eigenvalue weighted by molar-refractivity contribution is -0.139. The summed E-state index contributed by atoms with van der Waals surface area (Å²) >= 11 is 1.35. The van der Waals surface area contributed by atoms with Crippen LogP contribution in [0.4, 0.5) is 0 Å². The molecule has 4 rings (SSSR count). The highest BCUT2D eigenvalue weighted by Crippen LogP contribution is 2.48. The second kappa shape index (κ2) is 8.27. The molecule has 28 heavy (non-hydrogen) atoms. The molecule has 1 aliphatic heterocycles. The molecule has 0 bridgehead atoms. The molecule has 0 unspecified atom stereocenters. The van der Waals surface area contributed by atoms with E-state index in [9.17, 15) is 14.7 Å². The predicted octanol–water partition coefficient (Wildman–Crippen LogP) is 2.96. The molecule has 5 nitrogen and oxygen atoms in total. The van der Waals surface area contributed by atoms with Crippen molar-refractivity contribution in [3.05, 3.63) is 60.2 Å². The Labute approximate surface area is 169 Å². The lowest BCUT2D eigenvalue weighted by Crippen LogP contribution is -2.51. The highest BCUT2D eigenvalue weighted by Gasteiger charge is 2.46. The van der Waals surface area contributed by atoms with Gasteiger partial charge in [-0.15, -0.1) is 11.8 Å². The molecule has 0 aromatic heterocycles. The Morgan fingerprint density at radius 2 is 1.57 bits per heavy atom. The number of nitrogens with zero attached hydrogens (tertiary/aromatic N) is 2. The first-order valence-electron chi connectivity index (χ1n) is 9.66. The van der Waals surface area contributed by atoms with Gasteiger partial charge in [0.05, 0.1) is 5.75 Å². The van der Waals surface area contributed by atoms with Gasteiger partial charge in [0.1, 0.15) is 5.75 Å². The van der Waals surface area contributed by atoms with E-state index >= 15 is 0 Å². The van der Waals surface area contributed by atoms with Crippen LogP contribution in [0.15, 0.2) is 59.5 Å². The molecule has 1 saturated carbocycles. The molecule has 0 spiro atoms. The molecule has 1 aliphatic carbocycles. The van der Waals surface area contributed by atoms with Gasteiger partial charge >= 0.3 is 0 Å². The number of piperazine rings is 1. The summed E-state index contributed by atoms with van der Waals surface area (Å²) in [5, 5.41) is 9.80. The topological polar surface area (TPSA) is 60.9 Å². The predicted molar refractivity (Wildman–Crippen MR) is 109 cm³/mol. The Kier molecular flexibility index (Phi) is 5.57. The van der Waals surface area contributed by atoms with E-state index in [0.29, 0.717) is 42.7 Å². The highest BCUT2D eigenvalue weighted by molar-refractivity contribution is 8.00. The van der Waals surface area contributed by atoms with E-state index in [1.807, 2.05) is 40.1 Å². The van der Waals surface area contributed by atoms with Crippen molar-refractivity contribution in [3.63, 3.8) is 0 Å². The Hall–Kier alpha value is -2.47. The van der Waals surface area contributed by atoms with Crippen LogP contribution in [0.1, 0.15) is 17.9 Å². The van der Waals surface area contributed by atoms with Crippen LogP contribution in [0.25, 0.3) is 0 Å². The molecule has 1 N–H and O–H groups in total. The van der Waals surface area contributed by atoms with Crippen LogP contribution in [-0.2, 0) is 9.59 Å². The number of amides is 2. The summed E-state index contributed by atoms with van der Waals surface area (Å²) in [5.74, 6) is 1.22. The van der Waals surface area contributed by atoms with E-state index in [-0.39, 0.29) is 23.5 Å². The number of rotatable bonds is 5. The quantitative estimate of drug-likeness (QED) is 0.790. The van der Waals surface area contributed by atoms with Gasteiger partial charge in [0.25, 0.3) is 0 Å². The second-order valence-corrected chi connectivity index (χ2v) is 8.34. The van der Waals surface area contributed by atoms with Gasteiger partial charge < -0.3 is 14.9 Å². The van der Waals surface area contributed by atoms with E-state index in [2.05, 4.69) is 12.1 Å². The molecule has 2 aliphatic rings. The fraction of sp³-hybridized carbons (Fsp3) is 0.364. The molecule has 2 aromatic rings. The van der Waals surface area contributed by atoms with Crippen molar-refractivity contribution in [2.45, 2.75) is 17.2 Å². The van der Waals surface area contributed by atoms with E-state index in [4.69, 9.17) is 0 Å². The number of carbonyl (C=O) groups is 2. The van der Waals surface area contributed by atoms with Gasteiger partial charge in [0.15, 0.2) is 0 Å². The van der Waals surface area contributed by atoms with Crippen LogP contribution in [0.5, 0.6) is 5.75 Å². The van der Waals surface area contributed by atoms with Gasteiger partial charge in [-0.25, -0.2) is 0 Å². The molecule has 2 aromatic carbocycles. The summed E-state index contributed by atoms with van der Waals surface area (Å²) in [6, 6.07) is 17.3. The lowest BCUT2D eigenvalue weighted by Gasteiger charge is -2.35. The van der Waals surface area contributed by atoms with E-state index in [1.54, 1.807) is 12.1 Å². The number of benzene rings is 2. The first-order chi connectivity index (χ1) is 13.6. The first-order valence-corrected chi connectivity index (χ1v) is 10.6. The summed E-state index contributed by atoms with van der Waals surface area (Å²) in [7, 11) is 0. The smallest absolute Gasteiger partial charge is 0.233 e. The number of phenols is 1. The first kappa shape index (κ1) is 18.9. The number of thioether (sulfide) groups is 1. The molecule has 146 valence electrons. The fourth-order valence-electron chi connectivity index (χ4n) is 3.76. The summed E-state index contributed by atoms with van der Waals surface area (Å²) in [5.41, 5.74) is 1.25. The monoisotopic (exact) mass is 396 g/mol. The van der Waals surface area contributed by atoms with Crippen molar-refractivity contribution < 1.29 is 14.7 Å². The maximum atomic E-state index is 12.8. The number of hydrogen-bond acceptors (Lipinski definition) is 4. The van der Waals surface area contributed by atoms with Crippen LogP contribution in [0.3, 0.4) is 0 Å². The zero-order valence-electron chi connectivity index (χ0n) is 15.7. The lowest BCUT2D eigenvalue weighted by atomic mass is 10.1. The largest absolute Gasteiger partial charge is 0.507 e. The number of para-hydroxylation sites is 1. The van der Waals surface area contributed by atoms with Crippen molar-refractivity contribution in [2.75, 3.05) is 31.9 Å². The van der Waals surface area contributed by atoms with E-state index in [1.165, 1.54) is 17.3 Å². The Morgan fingerprint density at radius 1 is 0.929 bits per heavy atom. The second-order valence-electron chi connectivity index (χ2n) is 7.32. The van der Waals surface area contributed by atoms with Crippen LogP contribution < -0.4 is 0 Å². The number of hydrogen-bond donors (Lipinski definition) is 1. The molecule has 2 amide bonds. The molecule has 2 fully saturated rings. The zero-order valence-corrected chi connectivity index (χ0v) is 16.5. The Balaban J connectivity index is 1.24. The van der Waals surface area contributed by atoms with Crippen LogP contribution in [0, 0.1) is 5.92 Å². The third-order valence-corrected chi connectivity index (χ3v) is 6.54. The summed E-state index contributed by atoms with van der Waals surface area (Å²) in [6.45, 7) is 2.36. The number of aromatic hydroxyl groups is 1. The molecule has 1 saturated heterocycles. The zero-order chi connectivity index (χ0) is 19.5. The standard InChI is InChI=1S/C22H24N2O3S/c25-19-8-4-5-9-20(19)28-15-21(26)23-10-12-24(13-11-23)22(27)18-14-17(18)16-6-2-1-3-7-16/h1-9,17-18,25H,10-15H2/t17-,18+/m0/s1. The number of carbonyl (C=O) groups excluding carboxylic acids is 2. The average molecular weight is 397 g/mol. The molecular formula is C22H24N2O3S. The van der Waals surface area contributed by atoms with Crippen molar-refractivity contribution in [3.8, 4) is 5.75 Å². The molecule has 2 atom stereocenters. The summed E-state index contributed by atoms with van der Waals surface area (Å²) in [4.78, 5) is 29.7. The van der Waals surface area contributed by atoms with Gasteiger partial charge in [-0.1, -0.05) is 42.5 Å². The molecule has 1 heterocycles. The van der Waals surface area contributed by atoms with Crippen LogP contribution >= 0.6 is 11.8 Å². The minimum absolute atomic E-state index is 0.0499. The molecule has 6 heteroatoms. The van der Waals surface area contributed by atoms with Gasteiger partial charge in [-0.3, -0.25) is 9.59 Å². The van der Waals surface area contributed by atoms with Crippen molar-refractivity contribution >= 4 is 23.6 Å². The summed E-state index contributed by atoms with van der Waals surface area (Å²) < 4.78 is 0. The maximum absolute atomic E-state index is 12.8. The fourth-order valence-corrected chi connectivity index (χ4v) is 4.61. The van der Waals surface area contributed by atoms with Crippen molar-refractivity contribution in [1.29, 1.82) is 0 Å². The molecular weight excluding hydrogens is 372 g/mol. The van der Waals surface area contributed by atoms with Gasteiger partial charge in [-0.2, -0.15) is 0 Å². The normalized spacial score (nSPS) is 21.4. The number of phenolic OH excluding ortho intramolecular Hbond substituents is 1. The van der Waals surface area contributed by atoms with Crippen LogP contribution in [-0.4, -0.2) is 58.7 Å². The SMILES string of the molecule is O=C(CSc1ccccc1O)N1CCN(C(=O)[C@@H]2C[C@H]2c2ccccc2)CC1. The van der Waals surface area contributed by atoms with E-state index < -0.39 is 0 Å². The van der Waals surface area contributed by atoms with Gasteiger partial charge in [0.2, 0.25) is 11.8 Å². The molecule has 0 radical (unpaired) electrons. The third-order valence-electron chi connectivity index (χ3n) is 5.50. The van der Waals surface area contributed by atoms with Crippen molar-refractivity contribution in [2.24, 2.45) is 5.92 Å². The highest BCUT2D eigenvalue weighted by atomic mass is 32.2. The minimum Gasteiger partial charge on any atom is -0.507 e. The maximum Gasteiger partial charge on any atom is 0.233 e. The minimum atomic E-state index is 0.0499.